The van der Waals surface area contributed by atoms with Gasteiger partial charge in [-0.3, -0.25) is 4.98 Å². The highest BCUT2D eigenvalue weighted by Crippen LogP contribution is 2.30. The number of hydrogen-bond acceptors (Lipinski definition) is 1. The van der Waals surface area contributed by atoms with Crippen LogP contribution in [0.4, 0.5) is 0 Å². The summed E-state index contributed by atoms with van der Waals surface area (Å²) in [5, 5.41) is 0.847. The molecule has 0 spiro atoms. The van der Waals surface area contributed by atoms with E-state index in [2.05, 4.69) is 4.98 Å². The summed E-state index contributed by atoms with van der Waals surface area (Å²) in [4.78, 5) is 3.14. The van der Waals surface area contributed by atoms with Gasteiger partial charge >= 0.3 is 0 Å². The largest absolute Gasteiger partial charge is 0.255 e. The average Bonchev–Trinajstić information content (AvgIpc) is 1.85. The van der Waals surface area contributed by atoms with Crippen molar-refractivity contribution in [1.29, 1.82) is 0 Å². The third kappa shape index (κ3) is 2.38. The molecule has 0 radical (unpaired) electrons. The maximum Gasteiger partial charge on any atom is 0.151 e. The molecule has 0 amide bonds. The Morgan fingerprint density at radius 2 is 1.91 bits per heavy atom. The summed E-state index contributed by atoms with van der Waals surface area (Å²) in [6.07, 6.45) is 1.44. The number of halogens is 4. The van der Waals surface area contributed by atoms with E-state index < -0.39 is 4.84 Å². The van der Waals surface area contributed by atoms with Crippen LogP contribution in [0.3, 0.4) is 0 Å². The maximum atomic E-state index is 5.71. The molecule has 0 N–H and O–H groups in total. The fraction of sp³-hybridized carbons (Fsp3) is 0.167. The second kappa shape index (κ2) is 3.81. The van der Waals surface area contributed by atoms with Crippen LogP contribution in [0.25, 0.3) is 0 Å². The summed E-state index contributed by atoms with van der Waals surface area (Å²) in [5.74, 6) is 0. The zero-order valence-electron chi connectivity index (χ0n) is 5.19. The summed E-state index contributed by atoms with van der Waals surface area (Å²) < 4.78 is 0. The van der Waals surface area contributed by atoms with E-state index in [1.54, 1.807) is 6.07 Å². The van der Waals surface area contributed by atoms with Gasteiger partial charge in [-0.15, -0.1) is 0 Å². The summed E-state index contributed by atoms with van der Waals surface area (Å²) in [6.45, 7) is 0. The Hall–Kier alpha value is 0.310. The van der Waals surface area contributed by atoms with Crippen molar-refractivity contribution in [2.75, 3.05) is 0 Å². The Bertz CT molecular complexity index is 261. The van der Waals surface area contributed by atoms with Crippen molar-refractivity contribution in [1.82, 2.24) is 4.98 Å². The Kier molecular flexibility index (Phi) is 3.26. The molecule has 0 unspecified atom stereocenters. The zero-order valence-corrected chi connectivity index (χ0v) is 8.21. The zero-order chi connectivity index (χ0) is 8.43. The van der Waals surface area contributed by atoms with Gasteiger partial charge in [0, 0.05) is 6.20 Å². The van der Waals surface area contributed by atoms with Crippen molar-refractivity contribution >= 4 is 46.4 Å². The molecule has 1 heterocycles. The van der Waals surface area contributed by atoms with Crippen LogP contribution in [0.1, 0.15) is 10.5 Å². The van der Waals surface area contributed by atoms with Gasteiger partial charge in [-0.2, -0.15) is 0 Å². The van der Waals surface area contributed by atoms with Gasteiger partial charge in [-0.1, -0.05) is 46.4 Å². The first kappa shape index (κ1) is 9.40. The SMILES string of the molecule is Clc1cnc(C(Cl)Cl)c(Cl)c1. The van der Waals surface area contributed by atoms with Gasteiger partial charge in [0.2, 0.25) is 0 Å². The molecule has 0 aromatic carbocycles. The van der Waals surface area contributed by atoms with Gasteiger partial charge in [0.25, 0.3) is 0 Å². The van der Waals surface area contributed by atoms with Gasteiger partial charge in [0.05, 0.1) is 15.7 Å². The van der Waals surface area contributed by atoms with Gasteiger partial charge in [0.1, 0.15) is 0 Å². The van der Waals surface area contributed by atoms with E-state index in [0.29, 0.717) is 15.7 Å². The molecule has 1 aromatic heterocycles. The van der Waals surface area contributed by atoms with Crippen LogP contribution in [0.2, 0.25) is 10.0 Å². The lowest BCUT2D eigenvalue weighted by atomic mass is 10.4. The third-order valence-electron chi connectivity index (χ3n) is 1.04. The Morgan fingerprint density at radius 3 is 2.36 bits per heavy atom. The molecule has 0 saturated heterocycles. The minimum Gasteiger partial charge on any atom is -0.255 e. The first-order valence-electron chi connectivity index (χ1n) is 2.70. The number of hydrogen-bond donors (Lipinski definition) is 0. The van der Waals surface area contributed by atoms with Gasteiger partial charge < -0.3 is 0 Å². The molecule has 60 valence electrons. The summed E-state index contributed by atoms with van der Waals surface area (Å²) in [7, 11) is 0. The highest BCUT2D eigenvalue weighted by atomic mass is 35.5. The lowest BCUT2D eigenvalue weighted by Gasteiger charge is -2.02. The molecule has 1 nitrogen and oxygen atoms in total. The van der Waals surface area contributed by atoms with E-state index in [1.165, 1.54) is 6.20 Å². The minimum atomic E-state index is -0.709. The molecule has 0 saturated carbocycles. The van der Waals surface area contributed by atoms with E-state index in [1.807, 2.05) is 0 Å². The minimum absolute atomic E-state index is 0.382. The lowest BCUT2D eigenvalue weighted by molar-refractivity contribution is 1.15. The van der Waals surface area contributed by atoms with Crippen molar-refractivity contribution < 1.29 is 0 Å². The fourth-order valence-corrected chi connectivity index (χ4v) is 1.53. The van der Waals surface area contributed by atoms with Crippen LogP contribution < -0.4 is 0 Å². The molecule has 0 aliphatic rings. The summed E-state index contributed by atoms with van der Waals surface area (Å²) in [6, 6.07) is 1.54. The molecular formula is C6H3Cl4N. The molecule has 0 aliphatic heterocycles. The maximum absolute atomic E-state index is 5.71. The number of rotatable bonds is 1. The standard InChI is InChI=1S/C6H3Cl4N/c7-3-1-4(8)5(6(9)10)11-2-3/h1-2,6H. The van der Waals surface area contributed by atoms with E-state index in [9.17, 15) is 0 Å². The molecule has 0 bridgehead atoms. The smallest absolute Gasteiger partial charge is 0.151 e. The predicted octanol–water partition coefficient (Wildman–Crippen LogP) is 3.86. The predicted molar refractivity (Wildman–Crippen MR) is 48.7 cm³/mol. The molecule has 11 heavy (non-hydrogen) atoms. The highest BCUT2D eigenvalue weighted by Gasteiger charge is 2.09. The molecule has 1 aromatic rings. The van der Waals surface area contributed by atoms with E-state index in [-0.39, 0.29) is 0 Å². The summed E-state index contributed by atoms with van der Waals surface area (Å²) >= 11 is 22.4. The normalized spacial score (nSPS) is 10.6. The fourth-order valence-electron chi connectivity index (χ4n) is 0.586. The first-order chi connectivity index (χ1) is 5.11. The second-order valence-electron chi connectivity index (χ2n) is 1.82. The average molecular weight is 231 g/mol. The van der Waals surface area contributed by atoms with Crippen LogP contribution in [-0.2, 0) is 0 Å². The van der Waals surface area contributed by atoms with E-state index >= 15 is 0 Å². The monoisotopic (exact) mass is 229 g/mol. The van der Waals surface area contributed by atoms with Crippen molar-refractivity contribution in [3.8, 4) is 0 Å². The molecule has 0 aliphatic carbocycles. The highest BCUT2D eigenvalue weighted by molar-refractivity contribution is 6.45. The van der Waals surface area contributed by atoms with Gasteiger partial charge in [-0.05, 0) is 6.07 Å². The van der Waals surface area contributed by atoms with Crippen molar-refractivity contribution in [2.24, 2.45) is 0 Å². The lowest BCUT2D eigenvalue weighted by Crippen LogP contribution is -1.88. The Balaban J connectivity index is 3.09. The van der Waals surface area contributed by atoms with E-state index in [4.69, 9.17) is 46.4 Å². The quantitative estimate of drug-likeness (QED) is 0.668. The van der Waals surface area contributed by atoms with Crippen molar-refractivity contribution in [2.45, 2.75) is 4.84 Å². The topological polar surface area (TPSA) is 12.9 Å². The Morgan fingerprint density at radius 1 is 1.27 bits per heavy atom. The van der Waals surface area contributed by atoms with Crippen LogP contribution in [0.5, 0.6) is 0 Å². The molecule has 0 atom stereocenters. The molecular weight excluding hydrogens is 228 g/mol. The van der Waals surface area contributed by atoms with E-state index in [0.717, 1.165) is 0 Å². The van der Waals surface area contributed by atoms with Crippen LogP contribution in [0, 0.1) is 0 Å². The van der Waals surface area contributed by atoms with Crippen LogP contribution >= 0.6 is 46.4 Å². The first-order valence-corrected chi connectivity index (χ1v) is 4.33. The van der Waals surface area contributed by atoms with Crippen LogP contribution in [-0.4, -0.2) is 4.98 Å². The van der Waals surface area contributed by atoms with Crippen molar-refractivity contribution in [3.63, 3.8) is 0 Å². The van der Waals surface area contributed by atoms with Gasteiger partial charge in [0.15, 0.2) is 4.84 Å². The number of pyridine rings is 1. The Labute approximate surface area is 84.2 Å². The van der Waals surface area contributed by atoms with Crippen molar-refractivity contribution in [3.05, 3.63) is 28.0 Å². The second-order valence-corrected chi connectivity index (χ2v) is 3.76. The van der Waals surface area contributed by atoms with Crippen LogP contribution in [0.15, 0.2) is 12.3 Å². The third-order valence-corrected chi connectivity index (χ3v) is 1.97. The molecule has 1 rings (SSSR count). The summed E-state index contributed by atoms with van der Waals surface area (Å²) in [5.41, 5.74) is 0.430. The molecule has 0 fully saturated rings. The number of alkyl halides is 2. The van der Waals surface area contributed by atoms with Gasteiger partial charge in [-0.25, -0.2) is 0 Å². The number of aromatic nitrogens is 1. The molecule has 5 heteroatoms. The number of nitrogens with zero attached hydrogens (tertiary/aromatic N) is 1.